The quantitative estimate of drug-likeness (QED) is 0.621. The maximum Gasteiger partial charge on any atom is 0.256 e. The van der Waals surface area contributed by atoms with Gasteiger partial charge in [0.25, 0.3) is 11.8 Å². The molecular formula is C24H24FN5O3. The minimum Gasteiger partial charge on any atom is -0.481 e. The van der Waals surface area contributed by atoms with Crippen molar-refractivity contribution in [1.82, 2.24) is 25.2 Å². The number of nitrogens with zero attached hydrogens (tertiary/aromatic N) is 4. The Morgan fingerprint density at radius 1 is 1.15 bits per heavy atom. The van der Waals surface area contributed by atoms with Gasteiger partial charge in [0, 0.05) is 31.5 Å². The molecule has 0 bridgehead atoms. The van der Waals surface area contributed by atoms with Crippen LogP contribution in [0.25, 0.3) is 0 Å². The number of methoxy groups -OCH3 is 1. The number of amides is 2. The third kappa shape index (κ3) is 4.97. The van der Waals surface area contributed by atoms with Crippen molar-refractivity contribution >= 4 is 11.8 Å². The van der Waals surface area contributed by atoms with Crippen LogP contribution in [0.5, 0.6) is 5.88 Å². The maximum atomic E-state index is 13.0. The SMILES string of the molecule is COc1ccc(C(=O)N2CCC[C@@H]2c2ncc(C(=O)NCc3ccc(F)cc3)c(C)n2)cn1. The Morgan fingerprint density at radius 2 is 1.94 bits per heavy atom. The van der Waals surface area contributed by atoms with Crippen LogP contribution in [-0.4, -0.2) is 45.3 Å². The first-order valence-electron chi connectivity index (χ1n) is 10.6. The number of nitrogens with one attached hydrogen (secondary N) is 1. The number of aryl methyl sites for hydroxylation is 1. The van der Waals surface area contributed by atoms with Gasteiger partial charge in [0.15, 0.2) is 5.82 Å². The minimum atomic E-state index is -0.326. The first kappa shape index (κ1) is 22.3. The van der Waals surface area contributed by atoms with E-state index in [1.165, 1.54) is 31.6 Å². The topological polar surface area (TPSA) is 97.3 Å². The maximum absolute atomic E-state index is 13.0. The molecule has 1 fully saturated rings. The third-order valence-corrected chi connectivity index (χ3v) is 5.61. The van der Waals surface area contributed by atoms with Crippen molar-refractivity contribution < 1.29 is 18.7 Å². The van der Waals surface area contributed by atoms with Crippen molar-refractivity contribution in [1.29, 1.82) is 0 Å². The van der Waals surface area contributed by atoms with Crippen molar-refractivity contribution in [2.24, 2.45) is 0 Å². The Bertz CT molecular complexity index is 1150. The largest absolute Gasteiger partial charge is 0.481 e. The van der Waals surface area contributed by atoms with Gasteiger partial charge in [-0.05, 0) is 43.5 Å². The van der Waals surface area contributed by atoms with Crippen LogP contribution in [0.4, 0.5) is 4.39 Å². The summed E-state index contributed by atoms with van der Waals surface area (Å²) in [6, 6.07) is 9.00. The molecule has 0 saturated carbocycles. The van der Waals surface area contributed by atoms with Crippen LogP contribution in [0.3, 0.4) is 0 Å². The summed E-state index contributed by atoms with van der Waals surface area (Å²) in [7, 11) is 1.52. The zero-order valence-corrected chi connectivity index (χ0v) is 18.4. The molecule has 0 aliphatic carbocycles. The van der Waals surface area contributed by atoms with Gasteiger partial charge in [-0.15, -0.1) is 0 Å². The van der Waals surface area contributed by atoms with Crippen LogP contribution in [0.15, 0.2) is 48.8 Å². The van der Waals surface area contributed by atoms with Gasteiger partial charge < -0.3 is 15.0 Å². The summed E-state index contributed by atoms with van der Waals surface area (Å²) in [6.07, 6.45) is 4.57. The van der Waals surface area contributed by atoms with Gasteiger partial charge in [-0.2, -0.15) is 0 Å². The summed E-state index contributed by atoms with van der Waals surface area (Å²) in [5.74, 6) is 0.168. The van der Waals surface area contributed by atoms with Crippen LogP contribution in [0.2, 0.25) is 0 Å². The van der Waals surface area contributed by atoms with Gasteiger partial charge in [-0.3, -0.25) is 9.59 Å². The first-order chi connectivity index (χ1) is 16.0. The van der Waals surface area contributed by atoms with E-state index >= 15 is 0 Å². The second-order valence-corrected chi connectivity index (χ2v) is 7.78. The van der Waals surface area contributed by atoms with Crippen LogP contribution in [0, 0.1) is 12.7 Å². The third-order valence-electron chi connectivity index (χ3n) is 5.61. The molecule has 0 radical (unpaired) electrons. The van der Waals surface area contributed by atoms with Gasteiger partial charge in [0.05, 0.1) is 30.0 Å². The lowest BCUT2D eigenvalue weighted by Crippen LogP contribution is -2.32. The Morgan fingerprint density at radius 3 is 2.61 bits per heavy atom. The molecule has 2 amide bonds. The Hall–Kier alpha value is -3.88. The van der Waals surface area contributed by atoms with Gasteiger partial charge in [-0.25, -0.2) is 19.3 Å². The zero-order chi connectivity index (χ0) is 23.4. The van der Waals surface area contributed by atoms with Gasteiger partial charge in [-0.1, -0.05) is 12.1 Å². The van der Waals surface area contributed by atoms with Gasteiger partial charge in [0.2, 0.25) is 5.88 Å². The first-order valence-corrected chi connectivity index (χ1v) is 10.6. The number of benzene rings is 1. The number of carbonyl (C=O) groups is 2. The predicted molar refractivity (Wildman–Crippen MR) is 118 cm³/mol. The number of ether oxygens (including phenoxy) is 1. The standard InChI is InChI=1S/C24H24FN5O3/c1-15-19(23(31)28-12-16-5-8-18(25)9-6-16)14-27-22(29-15)20-4-3-11-30(20)24(32)17-7-10-21(33-2)26-13-17/h5-10,13-14,20H,3-4,11-12H2,1-2H3,(H,28,31)/t20-/m1/s1. The lowest BCUT2D eigenvalue weighted by Gasteiger charge is -2.24. The zero-order valence-electron chi connectivity index (χ0n) is 18.4. The summed E-state index contributed by atoms with van der Waals surface area (Å²) in [5, 5.41) is 2.80. The van der Waals surface area contributed by atoms with Gasteiger partial charge in [0.1, 0.15) is 5.82 Å². The molecule has 1 atom stereocenters. The average molecular weight is 449 g/mol. The van der Waals surface area contributed by atoms with E-state index in [2.05, 4.69) is 20.3 Å². The molecule has 8 nitrogen and oxygen atoms in total. The number of hydrogen-bond donors (Lipinski definition) is 1. The second kappa shape index (κ2) is 9.72. The fraction of sp³-hybridized carbons (Fsp3) is 0.292. The number of rotatable bonds is 6. The van der Waals surface area contributed by atoms with Crippen molar-refractivity contribution in [2.75, 3.05) is 13.7 Å². The summed E-state index contributed by atoms with van der Waals surface area (Å²) in [5.41, 5.74) is 2.14. The van der Waals surface area contributed by atoms with Crippen LogP contribution in [-0.2, 0) is 6.54 Å². The molecule has 1 N–H and O–H groups in total. The molecule has 1 aliphatic heterocycles. The van der Waals surface area contributed by atoms with E-state index in [1.54, 1.807) is 36.1 Å². The molecule has 3 heterocycles. The molecule has 3 aromatic rings. The van der Waals surface area contributed by atoms with Gasteiger partial charge >= 0.3 is 0 Å². The number of carbonyl (C=O) groups excluding carboxylic acids is 2. The van der Waals surface area contributed by atoms with E-state index in [-0.39, 0.29) is 30.2 Å². The van der Waals surface area contributed by atoms with Crippen LogP contribution >= 0.6 is 0 Å². The van der Waals surface area contributed by atoms with E-state index < -0.39 is 0 Å². The Labute approximate surface area is 190 Å². The molecule has 4 rings (SSSR count). The highest BCUT2D eigenvalue weighted by molar-refractivity contribution is 5.95. The number of pyridine rings is 1. The Balaban J connectivity index is 1.46. The summed E-state index contributed by atoms with van der Waals surface area (Å²) < 4.78 is 18.1. The van der Waals surface area contributed by atoms with E-state index in [9.17, 15) is 14.0 Å². The molecule has 0 spiro atoms. The lowest BCUT2D eigenvalue weighted by molar-refractivity contribution is 0.0728. The van der Waals surface area contributed by atoms with Crippen LogP contribution in [0.1, 0.15) is 56.7 Å². The smallest absolute Gasteiger partial charge is 0.256 e. The molecule has 1 aromatic carbocycles. The van der Waals surface area contributed by atoms with Crippen molar-refractivity contribution in [2.45, 2.75) is 32.4 Å². The molecule has 1 saturated heterocycles. The minimum absolute atomic E-state index is 0.143. The summed E-state index contributed by atoms with van der Waals surface area (Å²) in [6.45, 7) is 2.60. The average Bonchev–Trinajstić information content (AvgIpc) is 3.33. The monoisotopic (exact) mass is 449 g/mol. The van der Waals surface area contributed by atoms with Crippen LogP contribution < -0.4 is 10.1 Å². The predicted octanol–water partition coefficient (Wildman–Crippen LogP) is 3.24. The highest BCUT2D eigenvalue weighted by Crippen LogP contribution is 2.31. The molecular weight excluding hydrogens is 425 g/mol. The fourth-order valence-electron chi connectivity index (χ4n) is 3.82. The molecule has 0 unspecified atom stereocenters. The highest BCUT2D eigenvalue weighted by Gasteiger charge is 2.33. The molecule has 9 heteroatoms. The molecule has 33 heavy (non-hydrogen) atoms. The van der Waals surface area contributed by atoms with Crippen molar-refractivity contribution in [3.05, 3.63) is 82.8 Å². The molecule has 170 valence electrons. The van der Waals surface area contributed by atoms with E-state index in [0.717, 1.165) is 18.4 Å². The van der Waals surface area contributed by atoms with E-state index in [4.69, 9.17) is 4.74 Å². The second-order valence-electron chi connectivity index (χ2n) is 7.78. The number of likely N-dealkylation sites (tertiary alicyclic amines) is 1. The number of halogens is 1. The molecule has 2 aromatic heterocycles. The highest BCUT2D eigenvalue weighted by atomic mass is 19.1. The number of hydrogen-bond acceptors (Lipinski definition) is 6. The Kier molecular flexibility index (Phi) is 6.58. The fourth-order valence-corrected chi connectivity index (χ4v) is 3.82. The summed E-state index contributed by atoms with van der Waals surface area (Å²) >= 11 is 0. The summed E-state index contributed by atoms with van der Waals surface area (Å²) in [4.78, 5) is 40.4. The number of aromatic nitrogens is 3. The normalized spacial score (nSPS) is 15.4. The van der Waals surface area contributed by atoms with Crippen molar-refractivity contribution in [3.8, 4) is 5.88 Å². The van der Waals surface area contributed by atoms with E-state index in [0.29, 0.717) is 35.1 Å². The lowest BCUT2D eigenvalue weighted by atomic mass is 10.1. The molecule has 1 aliphatic rings. The van der Waals surface area contributed by atoms with Crippen molar-refractivity contribution in [3.63, 3.8) is 0 Å². The van der Waals surface area contributed by atoms with E-state index in [1.807, 2.05) is 0 Å².